The Morgan fingerprint density at radius 1 is 1.38 bits per heavy atom. The van der Waals surface area contributed by atoms with Crippen molar-refractivity contribution in [1.82, 2.24) is 4.90 Å². The van der Waals surface area contributed by atoms with Gasteiger partial charge < -0.3 is 15.2 Å². The molecule has 2 N–H and O–H groups in total. The van der Waals surface area contributed by atoms with Gasteiger partial charge in [-0.2, -0.15) is 0 Å². The van der Waals surface area contributed by atoms with Crippen LogP contribution in [-0.4, -0.2) is 43.3 Å². The highest BCUT2D eigenvalue weighted by Crippen LogP contribution is 2.34. The van der Waals surface area contributed by atoms with Crippen molar-refractivity contribution in [3.8, 4) is 5.75 Å². The maximum atomic E-state index is 6.47. The van der Waals surface area contributed by atoms with Gasteiger partial charge in [-0.05, 0) is 26.3 Å². The third-order valence-corrected chi connectivity index (χ3v) is 4.35. The fourth-order valence-electron chi connectivity index (χ4n) is 3.11. The van der Waals surface area contributed by atoms with Gasteiger partial charge in [0.25, 0.3) is 0 Å². The minimum Gasteiger partial charge on any atom is -0.496 e. The Morgan fingerprint density at radius 3 is 2.76 bits per heavy atom. The lowest BCUT2D eigenvalue weighted by Crippen LogP contribution is -2.53. The molecule has 21 heavy (non-hydrogen) atoms. The predicted octanol–water partition coefficient (Wildman–Crippen LogP) is 2.58. The fourth-order valence-corrected chi connectivity index (χ4v) is 3.11. The van der Waals surface area contributed by atoms with Gasteiger partial charge in [0.15, 0.2) is 0 Å². The molecule has 4 atom stereocenters. The Kier molecular flexibility index (Phi) is 5.62. The molecule has 4 heteroatoms. The minimum atomic E-state index is 0.0778. The van der Waals surface area contributed by atoms with Crippen LogP contribution in [0.3, 0.4) is 0 Å². The first-order valence-corrected chi connectivity index (χ1v) is 7.84. The summed E-state index contributed by atoms with van der Waals surface area (Å²) in [5.74, 6) is 0.915. The molecule has 0 saturated carbocycles. The topological polar surface area (TPSA) is 47.7 Å². The summed E-state index contributed by atoms with van der Waals surface area (Å²) in [6, 6.07) is 8.80. The molecule has 1 aromatic rings. The SMILES string of the molecule is CCC(N)C(c1ccccc1OC)N1CC(C)OCC1C. The van der Waals surface area contributed by atoms with Crippen molar-refractivity contribution in [3.05, 3.63) is 29.8 Å². The third-order valence-electron chi connectivity index (χ3n) is 4.35. The van der Waals surface area contributed by atoms with Crippen LogP contribution < -0.4 is 10.5 Å². The van der Waals surface area contributed by atoms with Crippen LogP contribution in [0.25, 0.3) is 0 Å². The zero-order valence-electron chi connectivity index (χ0n) is 13.6. The molecular weight excluding hydrogens is 264 g/mol. The molecule has 0 amide bonds. The molecule has 4 nitrogen and oxygen atoms in total. The first-order chi connectivity index (χ1) is 10.1. The van der Waals surface area contributed by atoms with Crippen molar-refractivity contribution >= 4 is 0 Å². The van der Waals surface area contributed by atoms with E-state index < -0.39 is 0 Å². The van der Waals surface area contributed by atoms with Crippen LogP contribution in [-0.2, 0) is 4.74 Å². The zero-order valence-corrected chi connectivity index (χ0v) is 13.6. The molecule has 0 bridgehead atoms. The highest BCUT2D eigenvalue weighted by molar-refractivity contribution is 5.37. The van der Waals surface area contributed by atoms with Crippen molar-refractivity contribution < 1.29 is 9.47 Å². The second-order valence-corrected chi connectivity index (χ2v) is 5.95. The third kappa shape index (κ3) is 3.57. The summed E-state index contributed by atoms with van der Waals surface area (Å²) in [5.41, 5.74) is 7.65. The molecule has 0 spiro atoms. The van der Waals surface area contributed by atoms with Crippen molar-refractivity contribution in [1.29, 1.82) is 0 Å². The van der Waals surface area contributed by atoms with Gasteiger partial charge >= 0.3 is 0 Å². The second kappa shape index (κ2) is 7.25. The van der Waals surface area contributed by atoms with Gasteiger partial charge in [-0.15, -0.1) is 0 Å². The van der Waals surface area contributed by atoms with Gasteiger partial charge in [-0.1, -0.05) is 25.1 Å². The highest BCUT2D eigenvalue weighted by atomic mass is 16.5. The molecule has 1 saturated heterocycles. The van der Waals surface area contributed by atoms with E-state index in [9.17, 15) is 0 Å². The summed E-state index contributed by atoms with van der Waals surface area (Å²) in [6.07, 6.45) is 1.17. The van der Waals surface area contributed by atoms with Crippen molar-refractivity contribution in [2.24, 2.45) is 5.73 Å². The number of benzene rings is 1. The maximum Gasteiger partial charge on any atom is 0.123 e. The monoisotopic (exact) mass is 292 g/mol. The summed E-state index contributed by atoms with van der Waals surface area (Å²) in [5, 5.41) is 0. The lowest BCUT2D eigenvalue weighted by molar-refractivity contribution is -0.0709. The number of rotatable bonds is 5. The number of methoxy groups -OCH3 is 1. The second-order valence-electron chi connectivity index (χ2n) is 5.95. The van der Waals surface area contributed by atoms with E-state index in [2.05, 4.69) is 37.8 Å². The summed E-state index contributed by atoms with van der Waals surface area (Å²) >= 11 is 0. The first-order valence-electron chi connectivity index (χ1n) is 7.84. The molecule has 1 aliphatic heterocycles. The van der Waals surface area contributed by atoms with Crippen LogP contribution in [0.5, 0.6) is 5.75 Å². The van der Waals surface area contributed by atoms with E-state index in [0.717, 1.165) is 25.3 Å². The Balaban J connectivity index is 2.38. The van der Waals surface area contributed by atoms with Crippen LogP contribution in [0.2, 0.25) is 0 Å². The van der Waals surface area contributed by atoms with Gasteiger partial charge in [-0.3, -0.25) is 4.90 Å². The van der Waals surface area contributed by atoms with E-state index in [0.29, 0.717) is 6.04 Å². The quantitative estimate of drug-likeness (QED) is 0.906. The van der Waals surface area contributed by atoms with Gasteiger partial charge in [-0.25, -0.2) is 0 Å². The summed E-state index contributed by atoms with van der Waals surface area (Å²) in [6.45, 7) is 8.12. The maximum absolute atomic E-state index is 6.47. The number of para-hydroxylation sites is 1. The van der Waals surface area contributed by atoms with E-state index >= 15 is 0 Å². The average Bonchev–Trinajstić information content (AvgIpc) is 2.51. The van der Waals surface area contributed by atoms with Gasteiger partial charge in [0.2, 0.25) is 0 Å². The van der Waals surface area contributed by atoms with Crippen LogP contribution in [0.1, 0.15) is 38.8 Å². The molecule has 0 radical (unpaired) electrons. The molecule has 0 aromatic heterocycles. The zero-order chi connectivity index (χ0) is 15.4. The molecule has 0 aliphatic carbocycles. The lowest BCUT2D eigenvalue weighted by atomic mass is 9.93. The largest absolute Gasteiger partial charge is 0.496 e. The molecule has 4 unspecified atom stereocenters. The molecule has 1 aliphatic rings. The average molecular weight is 292 g/mol. The van der Waals surface area contributed by atoms with E-state index in [1.807, 2.05) is 12.1 Å². The van der Waals surface area contributed by atoms with Crippen molar-refractivity contribution in [3.63, 3.8) is 0 Å². The summed E-state index contributed by atoms with van der Waals surface area (Å²) in [7, 11) is 1.72. The molecule has 118 valence electrons. The van der Waals surface area contributed by atoms with Gasteiger partial charge in [0, 0.05) is 24.2 Å². The molecular formula is C17H28N2O2. The molecule has 1 aromatic carbocycles. The first kappa shape index (κ1) is 16.3. The van der Waals surface area contributed by atoms with Crippen LogP contribution in [0, 0.1) is 0 Å². The van der Waals surface area contributed by atoms with Crippen molar-refractivity contribution in [2.75, 3.05) is 20.3 Å². The van der Waals surface area contributed by atoms with E-state index in [1.54, 1.807) is 7.11 Å². The molecule has 1 heterocycles. The van der Waals surface area contributed by atoms with Crippen LogP contribution in [0.15, 0.2) is 24.3 Å². The van der Waals surface area contributed by atoms with Gasteiger partial charge in [0.1, 0.15) is 5.75 Å². The number of hydrogen-bond donors (Lipinski definition) is 1. The normalized spacial score (nSPS) is 26.3. The smallest absolute Gasteiger partial charge is 0.123 e. The Morgan fingerprint density at radius 2 is 2.10 bits per heavy atom. The van der Waals surface area contributed by atoms with Crippen LogP contribution >= 0.6 is 0 Å². The van der Waals surface area contributed by atoms with E-state index in [4.69, 9.17) is 15.2 Å². The number of nitrogens with zero attached hydrogens (tertiary/aromatic N) is 1. The standard InChI is InChI=1S/C17H28N2O2/c1-5-15(18)17(14-8-6-7-9-16(14)20-4)19-10-13(3)21-11-12(19)2/h6-9,12-13,15,17H,5,10-11,18H2,1-4H3. The molecule has 1 fully saturated rings. The van der Waals surface area contributed by atoms with E-state index in [1.165, 1.54) is 5.56 Å². The Labute approximate surface area is 128 Å². The summed E-state index contributed by atoms with van der Waals surface area (Å²) < 4.78 is 11.3. The van der Waals surface area contributed by atoms with Gasteiger partial charge in [0.05, 0.1) is 25.9 Å². The number of morpholine rings is 1. The summed E-state index contributed by atoms with van der Waals surface area (Å²) in [4.78, 5) is 2.47. The number of hydrogen-bond acceptors (Lipinski definition) is 4. The van der Waals surface area contributed by atoms with E-state index in [-0.39, 0.29) is 18.2 Å². The fraction of sp³-hybridized carbons (Fsp3) is 0.647. The van der Waals surface area contributed by atoms with Crippen LogP contribution in [0.4, 0.5) is 0 Å². The highest BCUT2D eigenvalue weighted by Gasteiger charge is 2.34. The Hall–Kier alpha value is -1.10. The number of ether oxygens (including phenoxy) is 2. The minimum absolute atomic E-state index is 0.0778. The van der Waals surface area contributed by atoms with Crippen molar-refractivity contribution in [2.45, 2.75) is 51.4 Å². The number of nitrogens with two attached hydrogens (primary N) is 1. The lowest BCUT2D eigenvalue weighted by Gasteiger charge is -2.44. The molecule has 2 rings (SSSR count). The Bertz CT molecular complexity index is 452. The predicted molar refractivity (Wildman–Crippen MR) is 85.6 cm³/mol.